The fraction of sp³-hybridized carbons (Fsp3) is 0.559. The third kappa shape index (κ3) is 5.71. The molecule has 4 heteroatoms. The van der Waals surface area contributed by atoms with Crippen LogP contribution in [0.5, 0.6) is 0 Å². The molecule has 0 fully saturated rings. The summed E-state index contributed by atoms with van der Waals surface area (Å²) in [7, 11) is 0. The molecule has 204 valence electrons. The van der Waals surface area contributed by atoms with Gasteiger partial charge < -0.3 is 14.5 Å². The maximum absolute atomic E-state index is 10.4. The molecule has 1 aromatic rings. The van der Waals surface area contributed by atoms with Crippen LogP contribution in [-0.2, 0) is 11.4 Å². The molecule has 4 nitrogen and oxygen atoms in total. The highest BCUT2D eigenvalue weighted by atomic mass is 16.7. The molecule has 1 aromatic heterocycles. The Kier molecular flexibility index (Phi) is 8.89. The number of allylic oxidation sites excluding steroid dienone is 6. The van der Waals surface area contributed by atoms with Crippen molar-refractivity contribution in [2.75, 3.05) is 0 Å². The van der Waals surface area contributed by atoms with Crippen LogP contribution in [0.3, 0.4) is 0 Å². The molecule has 5 rings (SSSR count). The van der Waals surface area contributed by atoms with Gasteiger partial charge in [-0.05, 0) is 56.6 Å². The highest BCUT2D eigenvalue weighted by molar-refractivity contribution is 6.18. The van der Waals surface area contributed by atoms with Crippen molar-refractivity contribution in [3.63, 3.8) is 0 Å². The Bertz CT molecular complexity index is 1290. The van der Waals surface area contributed by atoms with E-state index in [0.717, 1.165) is 44.4 Å². The average Bonchev–Trinajstić information content (AvgIpc) is 3.08. The zero-order valence-electron chi connectivity index (χ0n) is 23.7. The van der Waals surface area contributed by atoms with Gasteiger partial charge in [-0.25, -0.2) is 0 Å². The first-order valence-corrected chi connectivity index (χ1v) is 15.2. The molecule has 38 heavy (non-hydrogen) atoms. The van der Waals surface area contributed by atoms with Gasteiger partial charge in [0.15, 0.2) is 0 Å². The van der Waals surface area contributed by atoms with Crippen LogP contribution in [0.1, 0.15) is 109 Å². The molecule has 0 saturated heterocycles. The molecule has 3 atom stereocenters. The van der Waals surface area contributed by atoms with Gasteiger partial charge in [-0.15, -0.1) is 0 Å². The molecule has 2 heterocycles. The first kappa shape index (κ1) is 27.0. The van der Waals surface area contributed by atoms with Crippen molar-refractivity contribution in [2.24, 2.45) is 17.0 Å². The van der Waals surface area contributed by atoms with E-state index in [4.69, 9.17) is 4.84 Å². The number of fused-ring (bicyclic) bond motifs is 3. The quantitative estimate of drug-likeness (QED) is 0.196. The van der Waals surface area contributed by atoms with E-state index in [1.54, 1.807) is 5.57 Å². The van der Waals surface area contributed by atoms with Crippen LogP contribution in [0.2, 0.25) is 0 Å². The van der Waals surface area contributed by atoms with E-state index in [1.807, 2.05) is 0 Å². The minimum Gasteiger partial charge on any atom is -0.364 e. The summed E-state index contributed by atoms with van der Waals surface area (Å²) in [5.41, 5.74) is 8.04. The Balaban J connectivity index is 1.33. The lowest BCUT2D eigenvalue weighted by atomic mass is 9.82. The number of aliphatic hydroxyl groups excluding tert-OH is 1. The van der Waals surface area contributed by atoms with Gasteiger partial charge in [0.25, 0.3) is 0 Å². The zero-order valence-corrected chi connectivity index (χ0v) is 23.7. The Morgan fingerprint density at radius 2 is 1.84 bits per heavy atom. The van der Waals surface area contributed by atoms with Gasteiger partial charge in [0.05, 0.1) is 11.1 Å². The summed E-state index contributed by atoms with van der Waals surface area (Å²) in [4.78, 5) is 5.61. The van der Waals surface area contributed by atoms with Crippen molar-refractivity contribution < 1.29 is 9.94 Å². The van der Waals surface area contributed by atoms with Crippen LogP contribution < -0.4 is 10.6 Å². The predicted octanol–water partition coefficient (Wildman–Crippen LogP) is 7.02. The lowest BCUT2D eigenvalue weighted by molar-refractivity contribution is -0.103. The molecule has 0 radical (unpaired) electrons. The van der Waals surface area contributed by atoms with E-state index in [2.05, 4.69) is 73.0 Å². The smallest absolute Gasteiger partial charge is 0.224 e. The van der Waals surface area contributed by atoms with Gasteiger partial charge in [-0.1, -0.05) is 93.1 Å². The van der Waals surface area contributed by atoms with Crippen LogP contribution in [-0.4, -0.2) is 21.7 Å². The Morgan fingerprint density at radius 3 is 2.68 bits per heavy atom. The Labute approximate surface area is 228 Å². The third-order valence-electron chi connectivity index (χ3n) is 8.93. The molecule has 3 unspecified atom stereocenters. The number of hydrogen-bond acceptors (Lipinski definition) is 3. The summed E-state index contributed by atoms with van der Waals surface area (Å²) < 4.78 is 2.50. The molecule has 0 bridgehead atoms. The minimum atomic E-state index is -0.808. The number of aromatic nitrogens is 1. The monoisotopic (exact) mass is 514 g/mol. The molecular formula is C34H46N2O2. The Hall–Kier alpha value is -2.59. The van der Waals surface area contributed by atoms with Crippen LogP contribution in [0, 0.1) is 11.8 Å². The molecule has 0 saturated carbocycles. The van der Waals surface area contributed by atoms with E-state index in [9.17, 15) is 5.11 Å². The van der Waals surface area contributed by atoms with Crippen LogP contribution in [0.15, 0.2) is 40.6 Å². The number of aliphatic hydroxyl groups is 1. The Morgan fingerprint density at radius 1 is 1.03 bits per heavy atom. The van der Waals surface area contributed by atoms with Gasteiger partial charge >= 0.3 is 0 Å². The highest BCUT2D eigenvalue weighted by Crippen LogP contribution is 2.33. The zero-order chi connectivity index (χ0) is 26.5. The van der Waals surface area contributed by atoms with Crippen molar-refractivity contribution >= 4 is 29.5 Å². The second kappa shape index (κ2) is 12.5. The van der Waals surface area contributed by atoms with Crippen LogP contribution in [0.25, 0.3) is 23.8 Å². The number of rotatable bonds is 11. The van der Waals surface area contributed by atoms with E-state index in [0.29, 0.717) is 18.3 Å². The fourth-order valence-corrected chi connectivity index (χ4v) is 6.65. The summed E-state index contributed by atoms with van der Waals surface area (Å²) in [5, 5.41) is 17.6. The second-order valence-electron chi connectivity index (χ2n) is 11.6. The normalized spacial score (nSPS) is 22.7. The van der Waals surface area contributed by atoms with Crippen molar-refractivity contribution in [1.82, 2.24) is 4.57 Å². The number of unbranched alkanes of at least 4 members (excludes halogenated alkanes) is 5. The molecule has 1 aliphatic heterocycles. The lowest BCUT2D eigenvalue weighted by Gasteiger charge is -2.24. The van der Waals surface area contributed by atoms with Crippen molar-refractivity contribution in [3.8, 4) is 0 Å². The van der Waals surface area contributed by atoms with Gasteiger partial charge in [0.2, 0.25) is 6.29 Å². The van der Waals surface area contributed by atoms with E-state index in [1.165, 1.54) is 71.5 Å². The predicted molar refractivity (Wildman–Crippen MR) is 160 cm³/mol. The summed E-state index contributed by atoms with van der Waals surface area (Å²) in [6.07, 6.45) is 28.9. The van der Waals surface area contributed by atoms with Crippen molar-refractivity contribution in [3.05, 3.63) is 57.3 Å². The van der Waals surface area contributed by atoms with Gasteiger partial charge in [0.1, 0.15) is 0 Å². The highest BCUT2D eigenvalue weighted by Gasteiger charge is 2.26. The topological polar surface area (TPSA) is 46.8 Å². The molecule has 1 N–H and O–H groups in total. The average molecular weight is 515 g/mol. The minimum absolute atomic E-state index is 0.396. The van der Waals surface area contributed by atoms with E-state index < -0.39 is 6.29 Å². The van der Waals surface area contributed by atoms with Gasteiger partial charge in [-0.3, -0.25) is 0 Å². The first-order valence-electron chi connectivity index (χ1n) is 15.2. The summed E-state index contributed by atoms with van der Waals surface area (Å²) in [6.45, 7) is 7.81. The molecular weight excluding hydrogens is 468 g/mol. The van der Waals surface area contributed by atoms with Crippen molar-refractivity contribution in [1.29, 1.82) is 0 Å². The van der Waals surface area contributed by atoms with E-state index >= 15 is 0 Å². The van der Waals surface area contributed by atoms with Gasteiger partial charge in [-0.2, -0.15) is 0 Å². The lowest BCUT2D eigenvalue weighted by Crippen LogP contribution is -2.40. The molecule has 3 aliphatic carbocycles. The van der Waals surface area contributed by atoms with Crippen molar-refractivity contribution in [2.45, 2.75) is 111 Å². The maximum atomic E-state index is 10.4. The molecule has 0 amide bonds. The fourth-order valence-electron chi connectivity index (χ4n) is 6.65. The first-order chi connectivity index (χ1) is 18.6. The number of hydrogen-bond donors (Lipinski definition) is 1. The van der Waals surface area contributed by atoms with Crippen LogP contribution in [0.4, 0.5) is 0 Å². The van der Waals surface area contributed by atoms with E-state index in [-0.39, 0.29) is 0 Å². The standard InChI is InChI=1S/C34H46N2O2/c1-4-5-6-7-8-9-17-33(37)38-35-31-22-23-36-32-21-19-26(25(3)27-14-11-10-13-24(27)2)18-20-28(32)29-15-12-16-30(31)34(29)36/h11,14-15,18-21,25-26,33,37H,4-10,12-13,16-17,22-23H2,1-3H3/b35-31+. The number of oxime groups is 1. The summed E-state index contributed by atoms with van der Waals surface area (Å²) in [6, 6.07) is 0. The van der Waals surface area contributed by atoms with Gasteiger partial charge in [0, 0.05) is 47.4 Å². The number of nitrogens with zero attached hydrogens (tertiary/aromatic N) is 2. The van der Waals surface area contributed by atoms with Crippen LogP contribution >= 0.6 is 0 Å². The third-order valence-corrected chi connectivity index (χ3v) is 8.93. The molecule has 4 aliphatic rings. The summed E-state index contributed by atoms with van der Waals surface area (Å²) in [5.74, 6) is 0.873. The summed E-state index contributed by atoms with van der Waals surface area (Å²) >= 11 is 0. The SMILES string of the molecule is CCCCCCCCC(O)O/N=C1\CCn2c3c(c4c2=C1CCC=4)C=CC(C(C)C1=C(C)CCC=C1)C=C3. The largest absolute Gasteiger partial charge is 0.364 e. The second-order valence-corrected chi connectivity index (χ2v) is 11.6. The molecule has 0 spiro atoms. The molecule has 0 aromatic carbocycles. The maximum Gasteiger partial charge on any atom is 0.224 e.